The molecular formula is C14H24O2. The number of hydrogen-bond donors (Lipinski definition) is 0. The van der Waals surface area contributed by atoms with E-state index >= 15 is 0 Å². The smallest absolute Gasteiger partial charge is 0.144 e. The first kappa shape index (κ1) is 12.1. The van der Waals surface area contributed by atoms with Crippen LogP contribution in [0.15, 0.2) is 0 Å². The zero-order valence-corrected chi connectivity index (χ0v) is 10.6. The lowest BCUT2D eigenvalue weighted by atomic mass is 9.63. The lowest BCUT2D eigenvalue weighted by Gasteiger charge is -2.45. The second-order valence-electron chi connectivity index (χ2n) is 5.71. The molecule has 0 aliphatic heterocycles. The molecule has 0 aromatic rings. The van der Waals surface area contributed by atoms with Crippen LogP contribution in [0.5, 0.6) is 0 Å². The first-order valence-electron chi connectivity index (χ1n) is 6.84. The fourth-order valence-corrected chi connectivity index (χ4v) is 3.30. The van der Waals surface area contributed by atoms with Crippen LogP contribution in [0.2, 0.25) is 0 Å². The van der Waals surface area contributed by atoms with Gasteiger partial charge in [-0.2, -0.15) is 0 Å². The summed E-state index contributed by atoms with van der Waals surface area (Å²) in [7, 11) is 0. The summed E-state index contributed by atoms with van der Waals surface area (Å²) < 4.78 is 5.98. The third kappa shape index (κ3) is 2.04. The predicted octanol–water partition coefficient (Wildman–Crippen LogP) is 3.34. The lowest BCUT2D eigenvalue weighted by Crippen LogP contribution is -2.53. The van der Waals surface area contributed by atoms with Crippen LogP contribution in [0.4, 0.5) is 0 Å². The lowest BCUT2D eigenvalue weighted by molar-refractivity contribution is -0.164. The van der Waals surface area contributed by atoms with Gasteiger partial charge in [0.25, 0.3) is 0 Å². The van der Waals surface area contributed by atoms with Gasteiger partial charge in [-0.25, -0.2) is 0 Å². The van der Waals surface area contributed by atoms with Crippen molar-refractivity contribution in [3.05, 3.63) is 0 Å². The first-order valence-corrected chi connectivity index (χ1v) is 6.84. The van der Waals surface area contributed by atoms with E-state index in [1.165, 1.54) is 25.7 Å². The van der Waals surface area contributed by atoms with Crippen LogP contribution >= 0.6 is 0 Å². The van der Waals surface area contributed by atoms with E-state index in [0.29, 0.717) is 18.1 Å². The Morgan fingerprint density at radius 3 is 2.69 bits per heavy atom. The Balaban J connectivity index is 1.80. The van der Waals surface area contributed by atoms with Gasteiger partial charge >= 0.3 is 0 Å². The summed E-state index contributed by atoms with van der Waals surface area (Å²) in [6, 6.07) is 0. The van der Waals surface area contributed by atoms with E-state index in [-0.39, 0.29) is 11.5 Å². The molecule has 2 atom stereocenters. The van der Waals surface area contributed by atoms with Gasteiger partial charge in [0, 0.05) is 13.0 Å². The summed E-state index contributed by atoms with van der Waals surface area (Å²) in [5.41, 5.74) is -0.0358. The average molecular weight is 224 g/mol. The molecule has 2 rings (SSSR count). The third-order valence-electron chi connectivity index (χ3n) is 4.40. The van der Waals surface area contributed by atoms with Crippen molar-refractivity contribution < 1.29 is 9.53 Å². The molecule has 2 fully saturated rings. The van der Waals surface area contributed by atoms with Crippen molar-refractivity contribution in [1.82, 2.24) is 0 Å². The van der Waals surface area contributed by atoms with Crippen molar-refractivity contribution in [2.45, 2.75) is 64.9 Å². The van der Waals surface area contributed by atoms with Gasteiger partial charge in [-0.15, -0.1) is 0 Å². The fourth-order valence-electron chi connectivity index (χ4n) is 3.30. The van der Waals surface area contributed by atoms with Crippen LogP contribution in [-0.2, 0) is 9.53 Å². The Labute approximate surface area is 98.7 Å². The molecule has 0 aromatic heterocycles. The molecule has 0 heterocycles. The van der Waals surface area contributed by atoms with Crippen LogP contribution in [0.1, 0.15) is 58.8 Å². The van der Waals surface area contributed by atoms with Gasteiger partial charge in [0.05, 0.1) is 11.5 Å². The highest BCUT2D eigenvalue weighted by molar-refractivity contribution is 5.92. The number of rotatable bonds is 5. The Hall–Kier alpha value is -0.370. The minimum Gasteiger partial charge on any atom is -0.376 e. The molecule has 2 aliphatic rings. The van der Waals surface area contributed by atoms with Gasteiger partial charge < -0.3 is 4.74 Å². The molecular weight excluding hydrogens is 200 g/mol. The van der Waals surface area contributed by atoms with E-state index in [4.69, 9.17) is 4.74 Å². The van der Waals surface area contributed by atoms with Gasteiger partial charge in [0.2, 0.25) is 0 Å². The van der Waals surface area contributed by atoms with Crippen LogP contribution < -0.4 is 0 Å². The summed E-state index contributed by atoms with van der Waals surface area (Å²) >= 11 is 0. The molecule has 1 spiro atoms. The molecule has 2 heteroatoms. The van der Waals surface area contributed by atoms with E-state index in [0.717, 1.165) is 19.4 Å². The molecule has 2 saturated carbocycles. The van der Waals surface area contributed by atoms with Crippen molar-refractivity contribution in [2.24, 2.45) is 11.3 Å². The molecule has 0 radical (unpaired) electrons. The maximum atomic E-state index is 11.8. The van der Waals surface area contributed by atoms with Crippen molar-refractivity contribution >= 4 is 5.78 Å². The monoisotopic (exact) mass is 224 g/mol. The van der Waals surface area contributed by atoms with Crippen LogP contribution in [0, 0.1) is 11.3 Å². The summed E-state index contributed by atoms with van der Waals surface area (Å²) in [6.07, 6.45) is 7.98. The molecule has 0 saturated heterocycles. The Morgan fingerprint density at radius 1 is 1.44 bits per heavy atom. The Morgan fingerprint density at radius 2 is 2.12 bits per heavy atom. The van der Waals surface area contributed by atoms with Crippen LogP contribution in [0.25, 0.3) is 0 Å². The molecule has 2 nitrogen and oxygen atoms in total. The SMILES string of the molecule is CCCC(C)COC1CC(=O)C12CCCC2. The summed E-state index contributed by atoms with van der Waals surface area (Å²) in [4.78, 5) is 11.8. The van der Waals surface area contributed by atoms with Gasteiger partial charge in [0.1, 0.15) is 5.78 Å². The minimum absolute atomic E-state index is 0.0358. The normalized spacial score (nSPS) is 29.4. The first-order chi connectivity index (χ1) is 7.69. The van der Waals surface area contributed by atoms with Crippen molar-refractivity contribution in [3.8, 4) is 0 Å². The van der Waals surface area contributed by atoms with Crippen LogP contribution in [0.3, 0.4) is 0 Å². The molecule has 92 valence electrons. The van der Waals surface area contributed by atoms with E-state index < -0.39 is 0 Å². The number of carbonyl (C=O) groups excluding carboxylic acids is 1. The highest BCUT2D eigenvalue weighted by Gasteiger charge is 2.56. The van der Waals surface area contributed by atoms with Gasteiger partial charge in [-0.05, 0) is 25.2 Å². The highest BCUT2D eigenvalue weighted by Crippen LogP contribution is 2.52. The van der Waals surface area contributed by atoms with Crippen molar-refractivity contribution in [1.29, 1.82) is 0 Å². The molecule has 0 bridgehead atoms. The van der Waals surface area contributed by atoms with Gasteiger partial charge in [-0.3, -0.25) is 4.79 Å². The maximum Gasteiger partial charge on any atom is 0.144 e. The Kier molecular flexibility index (Phi) is 3.68. The number of Topliss-reactive ketones (excluding diaryl/α,β-unsaturated/α-hetero) is 1. The van der Waals surface area contributed by atoms with E-state index in [9.17, 15) is 4.79 Å². The van der Waals surface area contributed by atoms with Crippen molar-refractivity contribution in [3.63, 3.8) is 0 Å². The van der Waals surface area contributed by atoms with Crippen LogP contribution in [-0.4, -0.2) is 18.5 Å². The second-order valence-corrected chi connectivity index (χ2v) is 5.71. The summed E-state index contributed by atoms with van der Waals surface area (Å²) in [6.45, 7) is 5.29. The number of hydrogen-bond acceptors (Lipinski definition) is 2. The number of carbonyl (C=O) groups is 1. The maximum absolute atomic E-state index is 11.8. The molecule has 2 unspecified atom stereocenters. The van der Waals surface area contributed by atoms with E-state index in [2.05, 4.69) is 13.8 Å². The molecule has 0 amide bonds. The fraction of sp³-hybridized carbons (Fsp3) is 0.929. The Bertz CT molecular complexity index is 253. The third-order valence-corrected chi connectivity index (χ3v) is 4.40. The van der Waals surface area contributed by atoms with Gasteiger partial charge in [0.15, 0.2) is 0 Å². The summed E-state index contributed by atoms with van der Waals surface area (Å²) in [5, 5.41) is 0. The molecule has 16 heavy (non-hydrogen) atoms. The van der Waals surface area contributed by atoms with E-state index in [1.807, 2.05) is 0 Å². The molecule has 0 N–H and O–H groups in total. The van der Waals surface area contributed by atoms with E-state index in [1.54, 1.807) is 0 Å². The standard InChI is InChI=1S/C14H24O2/c1-3-6-11(2)10-16-13-9-12(15)14(13)7-4-5-8-14/h11,13H,3-10H2,1-2H3. The topological polar surface area (TPSA) is 26.3 Å². The minimum atomic E-state index is -0.0358. The molecule has 0 aromatic carbocycles. The molecule has 2 aliphatic carbocycles. The highest BCUT2D eigenvalue weighted by atomic mass is 16.5. The number of ketones is 1. The van der Waals surface area contributed by atoms with Gasteiger partial charge in [-0.1, -0.05) is 33.1 Å². The largest absolute Gasteiger partial charge is 0.376 e. The average Bonchev–Trinajstić information content (AvgIpc) is 2.76. The second kappa shape index (κ2) is 4.87. The predicted molar refractivity (Wildman–Crippen MR) is 64.3 cm³/mol. The quantitative estimate of drug-likeness (QED) is 0.716. The van der Waals surface area contributed by atoms with Crippen molar-refractivity contribution in [2.75, 3.05) is 6.61 Å². The summed E-state index contributed by atoms with van der Waals surface area (Å²) in [5.74, 6) is 1.11. The number of ether oxygens (including phenoxy) is 1. The zero-order valence-electron chi connectivity index (χ0n) is 10.6. The zero-order chi connectivity index (χ0) is 11.6.